The maximum atomic E-state index is 15.4. The molecule has 0 spiro atoms. The molecule has 1 saturated carbocycles. The fraction of sp³-hybridized carbons (Fsp3) is 0.333. The predicted molar refractivity (Wildman–Crippen MR) is 214 cm³/mol. The summed E-state index contributed by atoms with van der Waals surface area (Å²) in [5.41, 5.74) is 2.44. The molecule has 57 heavy (non-hydrogen) atoms. The van der Waals surface area contributed by atoms with Crippen LogP contribution in [0.1, 0.15) is 53.9 Å². The molecule has 5 aliphatic rings. The van der Waals surface area contributed by atoms with Crippen LogP contribution in [-0.4, -0.2) is 71.6 Å². The number of aromatic hydroxyl groups is 1. The van der Waals surface area contributed by atoms with Gasteiger partial charge in [-0.2, -0.15) is 0 Å². The van der Waals surface area contributed by atoms with Gasteiger partial charge < -0.3 is 14.6 Å². The molecular weight excluding hydrogens is 717 g/mol. The number of ether oxygens (including phenoxy) is 2. The van der Waals surface area contributed by atoms with Crippen molar-refractivity contribution in [3.8, 4) is 17.2 Å². The minimum absolute atomic E-state index is 0.148. The summed E-state index contributed by atoms with van der Waals surface area (Å²) in [6.07, 6.45) is 5.37. The van der Waals surface area contributed by atoms with Crippen molar-refractivity contribution >= 4 is 29.0 Å². The van der Waals surface area contributed by atoms with Gasteiger partial charge in [0.05, 0.1) is 31.5 Å². The van der Waals surface area contributed by atoms with Gasteiger partial charge in [-0.05, 0) is 54.4 Å². The number of carbonyl (C=O) groups excluding carboxylic acids is 4. The van der Waals surface area contributed by atoms with E-state index in [0.717, 1.165) is 25.2 Å². The summed E-state index contributed by atoms with van der Waals surface area (Å²) < 4.78 is 11.5. The van der Waals surface area contributed by atoms with Gasteiger partial charge in [0.1, 0.15) is 17.2 Å². The van der Waals surface area contributed by atoms with Crippen LogP contribution in [0.4, 0.5) is 0 Å². The van der Waals surface area contributed by atoms with Crippen LogP contribution in [0.3, 0.4) is 0 Å². The number of methoxy groups -OCH3 is 2. The number of Topliss-reactive ketones (excluding diaryl/α,β-unsaturated/α-hetero) is 1. The Labute approximate surface area is 332 Å². The molecule has 0 aromatic heterocycles. The van der Waals surface area contributed by atoms with Crippen LogP contribution in [0.2, 0.25) is 0 Å². The molecule has 2 amide bonds. The third-order valence-corrected chi connectivity index (χ3v) is 13.4. The number of amides is 2. The monoisotopic (exact) mass is 762 g/mol. The molecule has 3 aliphatic carbocycles. The molecule has 9 nitrogen and oxygen atoms in total. The zero-order valence-corrected chi connectivity index (χ0v) is 32.2. The normalized spacial score (nSPS) is 27.6. The Bertz CT molecular complexity index is 2300. The predicted octanol–water partition coefficient (Wildman–Crippen LogP) is 6.90. The highest BCUT2D eigenvalue weighted by Crippen LogP contribution is 2.65. The average Bonchev–Trinajstić information content (AvgIpc) is 3.51. The van der Waals surface area contributed by atoms with Crippen molar-refractivity contribution in [1.82, 2.24) is 9.80 Å². The van der Waals surface area contributed by atoms with Crippen LogP contribution in [0.15, 0.2) is 121 Å². The first-order chi connectivity index (χ1) is 27.8. The maximum absolute atomic E-state index is 15.4. The highest BCUT2D eigenvalue weighted by atomic mass is 16.5. The van der Waals surface area contributed by atoms with Crippen molar-refractivity contribution < 1.29 is 33.8 Å². The lowest BCUT2D eigenvalue weighted by Crippen LogP contribution is -2.59. The molecule has 2 heterocycles. The van der Waals surface area contributed by atoms with Gasteiger partial charge in [-0.25, -0.2) is 0 Å². The quantitative estimate of drug-likeness (QED) is 0.153. The Hall–Kier alpha value is -5.80. The van der Waals surface area contributed by atoms with Gasteiger partial charge in [0.15, 0.2) is 11.6 Å². The summed E-state index contributed by atoms with van der Waals surface area (Å²) in [4.78, 5) is 64.0. The topological polar surface area (TPSA) is 113 Å². The second-order valence-corrected chi connectivity index (χ2v) is 16.1. The van der Waals surface area contributed by atoms with Crippen LogP contribution in [0, 0.1) is 23.7 Å². The molecule has 9 heteroatoms. The first-order valence-corrected chi connectivity index (χ1v) is 20.0. The number of nitrogens with zero attached hydrogens (tertiary/aromatic N) is 2. The Morgan fingerprint density at radius 3 is 2.12 bits per heavy atom. The fourth-order valence-electron chi connectivity index (χ4n) is 10.9. The van der Waals surface area contributed by atoms with E-state index in [-0.39, 0.29) is 41.6 Å². The number of ketones is 2. The molecule has 0 bridgehead atoms. The molecule has 290 valence electrons. The van der Waals surface area contributed by atoms with Gasteiger partial charge in [0.25, 0.3) is 0 Å². The third-order valence-electron chi connectivity index (χ3n) is 13.4. The fourth-order valence-corrected chi connectivity index (χ4v) is 10.9. The largest absolute Gasteiger partial charge is 0.507 e. The van der Waals surface area contributed by atoms with Crippen LogP contribution >= 0.6 is 0 Å². The van der Waals surface area contributed by atoms with Crippen LogP contribution in [0.25, 0.3) is 5.57 Å². The highest BCUT2D eigenvalue weighted by Gasteiger charge is 2.67. The third kappa shape index (κ3) is 5.85. The SMILES string of the molecule is COc1cc(O)c(C2C3=CCC4C(=O)N(C5CCN(Cc6ccccc6)CC5)C(=O)C4C3CC3C(=O)C(c4ccccc4)=CC(=O)C32c2ccccc2)c(OC)c1. The molecular formula is C48H46N2O7. The van der Waals surface area contributed by atoms with Gasteiger partial charge in [-0.3, -0.25) is 29.0 Å². The maximum Gasteiger partial charge on any atom is 0.233 e. The van der Waals surface area contributed by atoms with E-state index in [4.69, 9.17) is 9.47 Å². The van der Waals surface area contributed by atoms with E-state index in [2.05, 4.69) is 17.0 Å². The number of phenolic OH excluding ortho intramolecular Hbond substituents is 1. The number of fused-ring (bicyclic) bond motifs is 4. The molecule has 2 saturated heterocycles. The van der Waals surface area contributed by atoms with E-state index in [1.54, 1.807) is 11.0 Å². The number of benzene rings is 4. The highest BCUT2D eigenvalue weighted by molar-refractivity contribution is 6.31. The van der Waals surface area contributed by atoms with Crippen molar-refractivity contribution in [2.75, 3.05) is 27.3 Å². The molecule has 4 aromatic rings. The summed E-state index contributed by atoms with van der Waals surface area (Å²) in [6, 6.07) is 31.8. The molecule has 2 aliphatic heterocycles. The van der Waals surface area contributed by atoms with E-state index < -0.39 is 35.0 Å². The molecule has 4 aromatic carbocycles. The average molecular weight is 763 g/mol. The number of phenols is 1. The van der Waals surface area contributed by atoms with Gasteiger partial charge >= 0.3 is 0 Å². The van der Waals surface area contributed by atoms with Crippen LogP contribution < -0.4 is 9.47 Å². The lowest BCUT2D eigenvalue weighted by molar-refractivity contribution is -0.144. The number of hydrogen-bond donors (Lipinski definition) is 1. The summed E-state index contributed by atoms with van der Waals surface area (Å²) >= 11 is 0. The minimum Gasteiger partial charge on any atom is -0.507 e. The summed E-state index contributed by atoms with van der Waals surface area (Å²) in [5, 5.41) is 12.0. The van der Waals surface area contributed by atoms with Crippen molar-refractivity contribution in [2.45, 2.75) is 49.6 Å². The standard InChI is InChI=1S/C48H46N2O7/c1-56-33-24-39(51)43(40(25-33)57-2)44-34-18-19-35-42(47(55)50(46(35)54)32-20-22-49(23-21-32)28-29-12-6-3-7-13-29)37(34)26-38-45(53)36(30-14-8-4-9-15-30)27-41(52)48(38,44)31-16-10-5-11-17-31/h3-18,24-25,27,32,35,37-38,42,44,51H,19-23,26,28H2,1-2H3. The second-order valence-electron chi connectivity index (χ2n) is 16.1. The van der Waals surface area contributed by atoms with Crippen molar-refractivity contribution in [3.63, 3.8) is 0 Å². The van der Waals surface area contributed by atoms with Crippen LogP contribution in [-0.2, 0) is 31.1 Å². The Kier molecular flexibility index (Phi) is 9.44. The number of allylic oxidation sites excluding steroid dienone is 4. The number of likely N-dealkylation sites (tertiary alicyclic amines) is 2. The molecule has 3 fully saturated rings. The summed E-state index contributed by atoms with van der Waals surface area (Å²) in [6.45, 7) is 2.35. The zero-order chi connectivity index (χ0) is 39.4. The van der Waals surface area contributed by atoms with Gasteiger partial charge in [0, 0.05) is 60.8 Å². The zero-order valence-electron chi connectivity index (χ0n) is 32.2. The summed E-state index contributed by atoms with van der Waals surface area (Å²) in [7, 11) is 3.00. The molecule has 9 rings (SSSR count). The molecule has 6 atom stereocenters. The van der Waals surface area contributed by atoms with E-state index in [0.29, 0.717) is 53.0 Å². The first-order valence-electron chi connectivity index (χ1n) is 20.0. The van der Waals surface area contributed by atoms with Gasteiger partial charge in [-0.15, -0.1) is 0 Å². The Balaban J connectivity index is 1.16. The first kappa shape index (κ1) is 36.8. The van der Waals surface area contributed by atoms with E-state index in [9.17, 15) is 14.7 Å². The van der Waals surface area contributed by atoms with Crippen molar-refractivity contribution in [2.24, 2.45) is 23.7 Å². The van der Waals surface area contributed by atoms with Crippen LogP contribution in [0.5, 0.6) is 17.2 Å². The van der Waals surface area contributed by atoms with Gasteiger partial charge in [-0.1, -0.05) is 103 Å². The lowest BCUT2D eigenvalue weighted by atomic mass is 9.44. The van der Waals surface area contributed by atoms with E-state index in [1.165, 1.54) is 31.9 Å². The second kappa shape index (κ2) is 14.6. The van der Waals surface area contributed by atoms with E-state index >= 15 is 9.59 Å². The minimum atomic E-state index is -1.50. The number of piperidine rings is 1. The van der Waals surface area contributed by atoms with Crippen molar-refractivity contribution in [1.29, 1.82) is 0 Å². The molecule has 1 N–H and O–H groups in total. The number of carbonyl (C=O) groups is 4. The molecule has 0 radical (unpaired) electrons. The Morgan fingerprint density at radius 2 is 1.46 bits per heavy atom. The lowest BCUT2D eigenvalue weighted by Gasteiger charge is -2.55. The smallest absolute Gasteiger partial charge is 0.233 e. The van der Waals surface area contributed by atoms with E-state index in [1.807, 2.05) is 84.9 Å². The summed E-state index contributed by atoms with van der Waals surface area (Å²) in [5.74, 6) is -3.99. The Morgan fingerprint density at radius 1 is 0.789 bits per heavy atom. The number of hydrogen-bond acceptors (Lipinski definition) is 8. The number of rotatable bonds is 8. The molecule has 6 unspecified atom stereocenters. The van der Waals surface area contributed by atoms with Crippen molar-refractivity contribution in [3.05, 3.63) is 143 Å². The number of imide groups is 1. The van der Waals surface area contributed by atoms with Gasteiger partial charge in [0.2, 0.25) is 11.8 Å².